The molecule has 0 saturated heterocycles. The van der Waals surface area contributed by atoms with Gasteiger partial charge in [-0.25, -0.2) is 4.98 Å². The van der Waals surface area contributed by atoms with Crippen molar-refractivity contribution >= 4 is 22.3 Å². The molecular weight excluding hydrogens is 344 g/mol. The maximum absolute atomic E-state index is 5.05. The van der Waals surface area contributed by atoms with Gasteiger partial charge >= 0.3 is 0 Å². The molecule has 138 valence electrons. The zero-order valence-corrected chi connectivity index (χ0v) is 15.7. The molecular formula is C24H22N4. The Morgan fingerprint density at radius 3 is 2.57 bits per heavy atom. The quantitative estimate of drug-likeness (QED) is 0.455. The van der Waals surface area contributed by atoms with Gasteiger partial charge in [-0.15, -0.1) is 0 Å². The van der Waals surface area contributed by atoms with Crippen LogP contribution >= 0.6 is 0 Å². The molecule has 0 N–H and O–H groups in total. The number of amidine groups is 1. The van der Waals surface area contributed by atoms with Crippen LogP contribution in [0.5, 0.6) is 0 Å². The molecule has 0 unspecified atom stereocenters. The molecule has 1 aliphatic rings. The standard InChI is InChI=1S/C24H22N4/c1-2-7-19(8-3-1)17-28-22-12-5-10-20-9-4-11-21(23(20)22)24(28)26-13-6-15-27-16-14-25-18-27/h1-5,7-12,14,16,18H,6,13,15,17H2. The van der Waals surface area contributed by atoms with Gasteiger partial charge in [-0.3, -0.25) is 4.99 Å². The highest BCUT2D eigenvalue weighted by Crippen LogP contribution is 2.38. The van der Waals surface area contributed by atoms with Crippen molar-refractivity contribution in [3.05, 3.63) is 96.6 Å². The number of hydrogen-bond acceptors (Lipinski definition) is 2. The minimum absolute atomic E-state index is 0.795. The summed E-state index contributed by atoms with van der Waals surface area (Å²) in [4.78, 5) is 11.5. The minimum atomic E-state index is 0.795. The summed E-state index contributed by atoms with van der Waals surface area (Å²) in [5.74, 6) is 1.08. The number of hydrogen-bond donors (Lipinski definition) is 0. The molecule has 4 aromatic rings. The Balaban J connectivity index is 1.47. The molecule has 0 fully saturated rings. The number of imidazole rings is 1. The van der Waals surface area contributed by atoms with Crippen LogP contribution in [0.3, 0.4) is 0 Å². The second kappa shape index (κ2) is 7.31. The van der Waals surface area contributed by atoms with Gasteiger partial charge in [-0.05, 0) is 23.4 Å². The number of anilines is 1. The summed E-state index contributed by atoms with van der Waals surface area (Å²) in [6, 6.07) is 23.7. The Kier molecular flexibility index (Phi) is 4.37. The van der Waals surface area contributed by atoms with Gasteiger partial charge in [0.25, 0.3) is 0 Å². The first-order valence-electron chi connectivity index (χ1n) is 9.74. The van der Waals surface area contributed by atoms with E-state index in [-0.39, 0.29) is 0 Å². The van der Waals surface area contributed by atoms with E-state index in [9.17, 15) is 0 Å². The Labute approximate surface area is 164 Å². The molecule has 3 aromatic carbocycles. The predicted octanol–water partition coefficient (Wildman–Crippen LogP) is 4.89. The molecule has 1 aliphatic heterocycles. The molecule has 4 nitrogen and oxygen atoms in total. The summed E-state index contributed by atoms with van der Waals surface area (Å²) in [7, 11) is 0. The Hall–Kier alpha value is -3.40. The highest BCUT2D eigenvalue weighted by molar-refractivity contribution is 6.27. The molecule has 28 heavy (non-hydrogen) atoms. The second-order valence-corrected chi connectivity index (χ2v) is 7.11. The first-order valence-corrected chi connectivity index (χ1v) is 9.74. The van der Waals surface area contributed by atoms with Gasteiger partial charge in [0.2, 0.25) is 0 Å². The van der Waals surface area contributed by atoms with Crippen LogP contribution in [0.1, 0.15) is 17.5 Å². The van der Waals surface area contributed by atoms with Gasteiger partial charge in [0.05, 0.1) is 12.0 Å². The van der Waals surface area contributed by atoms with E-state index in [2.05, 4.69) is 81.2 Å². The van der Waals surface area contributed by atoms with Crippen molar-refractivity contribution in [2.75, 3.05) is 11.4 Å². The highest BCUT2D eigenvalue weighted by atomic mass is 15.2. The Bertz CT molecular complexity index is 1110. The average Bonchev–Trinajstić information content (AvgIpc) is 3.35. The topological polar surface area (TPSA) is 33.4 Å². The van der Waals surface area contributed by atoms with E-state index in [0.29, 0.717) is 0 Å². The molecule has 0 spiro atoms. The van der Waals surface area contributed by atoms with Crippen molar-refractivity contribution in [2.45, 2.75) is 19.5 Å². The lowest BCUT2D eigenvalue weighted by Crippen LogP contribution is -2.27. The third-order valence-corrected chi connectivity index (χ3v) is 5.25. The van der Waals surface area contributed by atoms with E-state index in [1.807, 2.05) is 18.7 Å². The first kappa shape index (κ1) is 16.8. The third-order valence-electron chi connectivity index (χ3n) is 5.25. The summed E-state index contributed by atoms with van der Waals surface area (Å²) < 4.78 is 2.10. The van der Waals surface area contributed by atoms with E-state index in [4.69, 9.17) is 4.99 Å². The Morgan fingerprint density at radius 1 is 0.893 bits per heavy atom. The summed E-state index contributed by atoms with van der Waals surface area (Å²) >= 11 is 0. The Morgan fingerprint density at radius 2 is 1.75 bits per heavy atom. The van der Waals surface area contributed by atoms with Crippen LogP contribution in [0.2, 0.25) is 0 Å². The molecule has 0 amide bonds. The van der Waals surface area contributed by atoms with Crippen molar-refractivity contribution in [2.24, 2.45) is 4.99 Å². The van der Waals surface area contributed by atoms with Crippen LogP contribution in [0.4, 0.5) is 5.69 Å². The summed E-state index contributed by atoms with van der Waals surface area (Å²) in [6.07, 6.45) is 6.68. The van der Waals surface area contributed by atoms with E-state index in [1.165, 1.54) is 27.6 Å². The largest absolute Gasteiger partial charge is 0.337 e. The fourth-order valence-corrected chi connectivity index (χ4v) is 3.95. The van der Waals surface area contributed by atoms with Gasteiger partial charge in [0.15, 0.2) is 0 Å². The lowest BCUT2D eigenvalue weighted by Gasteiger charge is -2.21. The van der Waals surface area contributed by atoms with Crippen molar-refractivity contribution < 1.29 is 0 Å². The van der Waals surface area contributed by atoms with Crippen molar-refractivity contribution in [3.63, 3.8) is 0 Å². The van der Waals surface area contributed by atoms with Gasteiger partial charge < -0.3 is 9.47 Å². The number of aryl methyl sites for hydroxylation is 1. The van der Waals surface area contributed by atoms with Gasteiger partial charge in [-0.2, -0.15) is 0 Å². The highest BCUT2D eigenvalue weighted by Gasteiger charge is 2.27. The van der Waals surface area contributed by atoms with E-state index < -0.39 is 0 Å². The van der Waals surface area contributed by atoms with Gasteiger partial charge in [0.1, 0.15) is 5.84 Å². The second-order valence-electron chi connectivity index (χ2n) is 7.11. The third kappa shape index (κ3) is 3.07. The number of benzene rings is 3. The molecule has 2 heterocycles. The lowest BCUT2D eigenvalue weighted by atomic mass is 10.1. The SMILES string of the molecule is c1ccc(CN2C(=NCCCn3ccnc3)c3cccc4cccc2c34)cc1. The molecule has 5 rings (SSSR count). The summed E-state index contributed by atoms with van der Waals surface area (Å²) in [5, 5.41) is 2.59. The molecule has 4 heteroatoms. The maximum atomic E-state index is 5.05. The van der Waals surface area contributed by atoms with Crippen molar-refractivity contribution in [1.29, 1.82) is 0 Å². The maximum Gasteiger partial charge on any atom is 0.136 e. The number of aliphatic imine (C=N–C) groups is 1. The zero-order valence-electron chi connectivity index (χ0n) is 15.7. The summed E-state index contributed by atoms with van der Waals surface area (Å²) in [5.41, 5.74) is 3.79. The van der Waals surface area contributed by atoms with E-state index in [0.717, 1.165) is 31.9 Å². The normalized spacial score (nSPS) is 14.3. The molecule has 0 aliphatic carbocycles. The minimum Gasteiger partial charge on any atom is -0.337 e. The lowest BCUT2D eigenvalue weighted by molar-refractivity contribution is 0.650. The van der Waals surface area contributed by atoms with Crippen molar-refractivity contribution in [1.82, 2.24) is 9.55 Å². The van der Waals surface area contributed by atoms with E-state index >= 15 is 0 Å². The molecule has 0 bridgehead atoms. The average molecular weight is 366 g/mol. The molecule has 0 radical (unpaired) electrons. The smallest absolute Gasteiger partial charge is 0.136 e. The number of rotatable bonds is 6. The molecule has 0 saturated carbocycles. The van der Waals surface area contributed by atoms with Gasteiger partial charge in [-0.1, -0.05) is 60.7 Å². The van der Waals surface area contributed by atoms with E-state index in [1.54, 1.807) is 0 Å². The van der Waals surface area contributed by atoms with Crippen LogP contribution in [-0.4, -0.2) is 21.9 Å². The number of nitrogens with zero attached hydrogens (tertiary/aromatic N) is 4. The molecule has 1 aromatic heterocycles. The first-order chi connectivity index (χ1) is 13.9. The van der Waals surface area contributed by atoms with Gasteiger partial charge in [0, 0.05) is 43.0 Å². The van der Waals surface area contributed by atoms with Crippen LogP contribution in [0.15, 0.2) is 90.4 Å². The summed E-state index contributed by atoms with van der Waals surface area (Å²) in [6.45, 7) is 2.56. The van der Waals surface area contributed by atoms with Crippen LogP contribution in [0, 0.1) is 0 Å². The van der Waals surface area contributed by atoms with Crippen LogP contribution < -0.4 is 4.90 Å². The monoisotopic (exact) mass is 366 g/mol. The number of aromatic nitrogens is 2. The van der Waals surface area contributed by atoms with Crippen LogP contribution in [-0.2, 0) is 13.1 Å². The molecule has 0 atom stereocenters. The van der Waals surface area contributed by atoms with Crippen molar-refractivity contribution in [3.8, 4) is 0 Å². The van der Waals surface area contributed by atoms with Crippen LogP contribution in [0.25, 0.3) is 10.8 Å². The predicted molar refractivity (Wildman–Crippen MR) is 115 cm³/mol. The zero-order chi connectivity index (χ0) is 18.8. The fourth-order valence-electron chi connectivity index (χ4n) is 3.95. The fraction of sp³-hybridized carbons (Fsp3) is 0.167.